The van der Waals surface area contributed by atoms with Crippen LogP contribution in [0.4, 0.5) is 0 Å². The second kappa shape index (κ2) is 5.72. The molecule has 2 nitrogen and oxygen atoms in total. The van der Waals surface area contributed by atoms with Crippen molar-refractivity contribution in [1.82, 2.24) is 5.32 Å². The minimum atomic E-state index is 0.707. The zero-order valence-corrected chi connectivity index (χ0v) is 10.0. The Balaban J connectivity index is 2.41. The largest absolute Gasteiger partial charge is 0.384 e. The minimum Gasteiger partial charge on any atom is -0.384 e. The SMILES string of the molecule is CCNC1CCC(C(C)COC)C1C. The Morgan fingerprint density at radius 2 is 2.14 bits per heavy atom. The van der Waals surface area contributed by atoms with Crippen LogP contribution in [0.25, 0.3) is 0 Å². The molecule has 0 amide bonds. The lowest BCUT2D eigenvalue weighted by atomic mass is 9.85. The molecule has 1 aliphatic rings. The molecule has 0 radical (unpaired) electrons. The van der Waals surface area contributed by atoms with E-state index in [1.54, 1.807) is 7.11 Å². The molecule has 0 spiro atoms. The van der Waals surface area contributed by atoms with E-state index in [0.29, 0.717) is 5.92 Å². The summed E-state index contributed by atoms with van der Waals surface area (Å²) in [6.07, 6.45) is 2.71. The summed E-state index contributed by atoms with van der Waals surface area (Å²) in [6, 6.07) is 0.740. The molecule has 1 aliphatic carbocycles. The standard InChI is InChI=1S/C12H25NO/c1-5-13-12-7-6-11(10(12)3)9(2)8-14-4/h9-13H,5-8H2,1-4H3. The monoisotopic (exact) mass is 199 g/mol. The van der Waals surface area contributed by atoms with Crippen molar-refractivity contribution in [3.8, 4) is 0 Å². The summed E-state index contributed by atoms with van der Waals surface area (Å²) in [6.45, 7) is 8.91. The average molecular weight is 199 g/mol. The highest BCUT2D eigenvalue weighted by Crippen LogP contribution is 2.36. The summed E-state index contributed by atoms with van der Waals surface area (Å²) in [5, 5.41) is 3.58. The molecule has 14 heavy (non-hydrogen) atoms. The topological polar surface area (TPSA) is 21.3 Å². The molecule has 0 saturated heterocycles. The molecule has 2 heteroatoms. The number of hydrogen-bond donors (Lipinski definition) is 1. The normalized spacial score (nSPS) is 34.7. The fourth-order valence-electron chi connectivity index (χ4n) is 2.94. The van der Waals surface area contributed by atoms with Gasteiger partial charge in [-0.1, -0.05) is 20.8 Å². The van der Waals surface area contributed by atoms with Crippen molar-refractivity contribution in [2.45, 2.75) is 39.7 Å². The van der Waals surface area contributed by atoms with Crippen molar-refractivity contribution in [1.29, 1.82) is 0 Å². The summed E-state index contributed by atoms with van der Waals surface area (Å²) >= 11 is 0. The van der Waals surface area contributed by atoms with Gasteiger partial charge in [0.05, 0.1) is 0 Å². The van der Waals surface area contributed by atoms with Gasteiger partial charge < -0.3 is 10.1 Å². The molecular formula is C12H25NO. The van der Waals surface area contributed by atoms with E-state index in [0.717, 1.165) is 31.0 Å². The van der Waals surface area contributed by atoms with Crippen molar-refractivity contribution in [3.63, 3.8) is 0 Å². The van der Waals surface area contributed by atoms with E-state index in [4.69, 9.17) is 4.74 Å². The van der Waals surface area contributed by atoms with Gasteiger partial charge >= 0.3 is 0 Å². The summed E-state index contributed by atoms with van der Waals surface area (Å²) in [4.78, 5) is 0. The van der Waals surface area contributed by atoms with Crippen LogP contribution in [0, 0.1) is 17.8 Å². The highest BCUT2D eigenvalue weighted by atomic mass is 16.5. The Morgan fingerprint density at radius 1 is 1.43 bits per heavy atom. The highest BCUT2D eigenvalue weighted by Gasteiger charge is 2.35. The van der Waals surface area contributed by atoms with Crippen molar-refractivity contribution < 1.29 is 4.74 Å². The van der Waals surface area contributed by atoms with Crippen LogP contribution >= 0.6 is 0 Å². The van der Waals surface area contributed by atoms with Crippen LogP contribution in [0.5, 0.6) is 0 Å². The number of methoxy groups -OCH3 is 1. The van der Waals surface area contributed by atoms with Crippen LogP contribution in [0.2, 0.25) is 0 Å². The quantitative estimate of drug-likeness (QED) is 0.733. The van der Waals surface area contributed by atoms with E-state index in [2.05, 4.69) is 26.1 Å². The van der Waals surface area contributed by atoms with Gasteiger partial charge in [0.2, 0.25) is 0 Å². The molecule has 0 aromatic heterocycles. The van der Waals surface area contributed by atoms with Gasteiger partial charge in [-0.25, -0.2) is 0 Å². The fraction of sp³-hybridized carbons (Fsp3) is 1.00. The van der Waals surface area contributed by atoms with E-state index in [-0.39, 0.29) is 0 Å². The molecule has 1 fully saturated rings. The van der Waals surface area contributed by atoms with Gasteiger partial charge in [-0.3, -0.25) is 0 Å². The molecule has 0 bridgehead atoms. The lowest BCUT2D eigenvalue weighted by Gasteiger charge is -2.25. The molecular weight excluding hydrogens is 174 g/mol. The summed E-state index contributed by atoms with van der Waals surface area (Å²) < 4.78 is 5.24. The Hall–Kier alpha value is -0.0800. The molecule has 4 atom stereocenters. The van der Waals surface area contributed by atoms with Gasteiger partial charge in [-0.2, -0.15) is 0 Å². The predicted molar refractivity (Wildman–Crippen MR) is 60.4 cm³/mol. The number of hydrogen-bond acceptors (Lipinski definition) is 2. The zero-order valence-electron chi connectivity index (χ0n) is 10.0. The molecule has 0 aromatic carbocycles. The Morgan fingerprint density at radius 3 is 2.71 bits per heavy atom. The summed E-state index contributed by atoms with van der Waals surface area (Å²) in [5.41, 5.74) is 0. The van der Waals surface area contributed by atoms with Crippen LogP contribution in [-0.4, -0.2) is 26.3 Å². The van der Waals surface area contributed by atoms with E-state index in [9.17, 15) is 0 Å². The predicted octanol–water partition coefficient (Wildman–Crippen LogP) is 2.29. The smallest absolute Gasteiger partial charge is 0.0490 e. The Bertz CT molecular complexity index is 160. The highest BCUT2D eigenvalue weighted by molar-refractivity contribution is 4.88. The minimum absolute atomic E-state index is 0.707. The number of rotatable bonds is 5. The summed E-state index contributed by atoms with van der Waals surface area (Å²) in [5.74, 6) is 2.36. The molecule has 84 valence electrons. The number of ether oxygens (including phenoxy) is 1. The van der Waals surface area contributed by atoms with Gasteiger partial charge in [0.1, 0.15) is 0 Å². The van der Waals surface area contributed by atoms with Gasteiger partial charge in [-0.05, 0) is 37.1 Å². The van der Waals surface area contributed by atoms with Crippen molar-refractivity contribution in [2.24, 2.45) is 17.8 Å². The van der Waals surface area contributed by atoms with Gasteiger partial charge in [0.25, 0.3) is 0 Å². The summed E-state index contributed by atoms with van der Waals surface area (Å²) in [7, 11) is 1.80. The van der Waals surface area contributed by atoms with Crippen molar-refractivity contribution >= 4 is 0 Å². The lowest BCUT2D eigenvalue weighted by molar-refractivity contribution is 0.115. The van der Waals surface area contributed by atoms with E-state index in [1.807, 2.05) is 0 Å². The first-order valence-corrected chi connectivity index (χ1v) is 5.93. The van der Waals surface area contributed by atoms with E-state index >= 15 is 0 Å². The Labute approximate surface area is 88.4 Å². The van der Waals surface area contributed by atoms with Crippen LogP contribution in [-0.2, 0) is 4.74 Å². The third kappa shape index (κ3) is 2.71. The fourth-order valence-corrected chi connectivity index (χ4v) is 2.94. The van der Waals surface area contributed by atoms with Crippen LogP contribution in [0.1, 0.15) is 33.6 Å². The van der Waals surface area contributed by atoms with E-state index in [1.165, 1.54) is 12.8 Å². The van der Waals surface area contributed by atoms with Crippen LogP contribution in [0.3, 0.4) is 0 Å². The van der Waals surface area contributed by atoms with Gasteiger partial charge in [-0.15, -0.1) is 0 Å². The maximum Gasteiger partial charge on any atom is 0.0490 e. The second-order valence-electron chi connectivity index (χ2n) is 4.70. The zero-order chi connectivity index (χ0) is 10.6. The molecule has 0 aromatic rings. The van der Waals surface area contributed by atoms with Crippen LogP contribution in [0.15, 0.2) is 0 Å². The first kappa shape index (κ1) is 12.0. The van der Waals surface area contributed by atoms with Gasteiger partial charge in [0, 0.05) is 19.8 Å². The molecule has 1 saturated carbocycles. The first-order chi connectivity index (χ1) is 6.70. The molecule has 4 unspecified atom stereocenters. The Kier molecular flexibility index (Phi) is 4.90. The van der Waals surface area contributed by atoms with Crippen molar-refractivity contribution in [2.75, 3.05) is 20.3 Å². The molecule has 1 rings (SSSR count). The first-order valence-electron chi connectivity index (χ1n) is 5.93. The maximum atomic E-state index is 5.24. The second-order valence-corrected chi connectivity index (χ2v) is 4.70. The molecule has 0 aliphatic heterocycles. The van der Waals surface area contributed by atoms with Crippen molar-refractivity contribution in [3.05, 3.63) is 0 Å². The lowest BCUT2D eigenvalue weighted by Crippen LogP contribution is -2.34. The van der Waals surface area contributed by atoms with Gasteiger partial charge in [0.15, 0.2) is 0 Å². The van der Waals surface area contributed by atoms with E-state index < -0.39 is 0 Å². The third-order valence-electron chi connectivity index (χ3n) is 3.75. The molecule has 1 N–H and O–H groups in total. The number of nitrogens with one attached hydrogen (secondary N) is 1. The third-order valence-corrected chi connectivity index (χ3v) is 3.75. The molecule has 0 heterocycles. The van der Waals surface area contributed by atoms with Crippen LogP contribution < -0.4 is 5.32 Å². The average Bonchev–Trinajstić information content (AvgIpc) is 2.49. The maximum absolute atomic E-state index is 5.24.